The quantitative estimate of drug-likeness (QED) is 0.396. The molecule has 0 unspecified atom stereocenters. The zero-order chi connectivity index (χ0) is 26.2. The highest BCUT2D eigenvalue weighted by molar-refractivity contribution is 5.89. The summed E-state index contributed by atoms with van der Waals surface area (Å²) in [5.41, 5.74) is 1.79. The van der Waals surface area contributed by atoms with Crippen LogP contribution in [-0.4, -0.2) is 82.5 Å². The van der Waals surface area contributed by atoms with Gasteiger partial charge < -0.3 is 23.7 Å². The second-order valence-corrected chi connectivity index (χ2v) is 12.5. The number of ether oxygens (including phenoxy) is 5. The van der Waals surface area contributed by atoms with Gasteiger partial charge in [-0.15, -0.1) is 0 Å². The van der Waals surface area contributed by atoms with Gasteiger partial charge in [0, 0.05) is 45.1 Å². The summed E-state index contributed by atoms with van der Waals surface area (Å²) in [6.07, 6.45) is 6.23. The van der Waals surface area contributed by atoms with E-state index in [9.17, 15) is 4.79 Å². The first kappa shape index (κ1) is 25.2. The first-order chi connectivity index (χ1) is 18.5. The maximum absolute atomic E-state index is 13.4. The SMILES string of the molecule is CCN1C[C@]2(COC)CC[C@H](OC)[C@@]34C2=C[C@@H](O[C@@H]13)[C@H]1C[C@H](OC)[C@H]2C[C@@H]4[C@H]1[C@H]2OC(=O)c1ccccc1. The summed E-state index contributed by atoms with van der Waals surface area (Å²) in [4.78, 5) is 16.0. The molecular formula is C31H41NO6. The maximum Gasteiger partial charge on any atom is 0.338 e. The van der Waals surface area contributed by atoms with Gasteiger partial charge in [-0.1, -0.05) is 31.2 Å². The van der Waals surface area contributed by atoms with Gasteiger partial charge in [-0.3, -0.25) is 4.90 Å². The number of carbonyl (C=O) groups excluding carboxylic acids is 1. The average molecular weight is 524 g/mol. The van der Waals surface area contributed by atoms with Gasteiger partial charge in [-0.05, 0) is 61.8 Å². The normalized spacial score (nSPS) is 46.4. The fourth-order valence-corrected chi connectivity index (χ4v) is 10.1. The molecule has 7 aliphatic rings. The molecule has 2 saturated heterocycles. The maximum atomic E-state index is 13.4. The van der Waals surface area contributed by atoms with E-state index in [1.165, 1.54) is 5.57 Å². The topological polar surface area (TPSA) is 66.5 Å². The predicted octanol–water partition coefficient (Wildman–Crippen LogP) is 3.93. The van der Waals surface area contributed by atoms with Crippen LogP contribution in [0, 0.1) is 34.5 Å². The van der Waals surface area contributed by atoms with Crippen LogP contribution in [0.25, 0.3) is 0 Å². The molecule has 0 amide bonds. The third kappa shape index (κ3) is 3.17. The van der Waals surface area contributed by atoms with Crippen molar-refractivity contribution in [1.29, 1.82) is 0 Å². The monoisotopic (exact) mass is 523 g/mol. The molecule has 7 bridgehead atoms. The van der Waals surface area contributed by atoms with Crippen molar-refractivity contribution in [3.63, 3.8) is 0 Å². The van der Waals surface area contributed by atoms with Crippen LogP contribution in [0.3, 0.4) is 0 Å². The number of carbonyl (C=O) groups is 1. The van der Waals surface area contributed by atoms with E-state index >= 15 is 0 Å². The number of piperidine rings is 1. The minimum atomic E-state index is -0.287. The summed E-state index contributed by atoms with van der Waals surface area (Å²) >= 11 is 0. The molecule has 3 saturated carbocycles. The number of nitrogens with zero attached hydrogens (tertiary/aromatic N) is 1. The zero-order valence-corrected chi connectivity index (χ0v) is 23.0. The lowest BCUT2D eigenvalue weighted by Crippen LogP contribution is -2.72. The summed E-state index contributed by atoms with van der Waals surface area (Å²) in [5, 5.41) is 0. The van der Waals surface area contributed by atoms with Crippen molar-refractivity contribution >= 4 is 5.97 Å². The second kappa shape index (κ2) is 9.13. The summed E-state index contributed by atoms with van der Waals surface area (Å²) in [6, 6.07) is 9.39. The molecule has 0 radical (unpaired) electrons. The lowest BCUT2D eigenvalue weighted by atomic mass is 9.48. The number of esters is 1. The van der Waals surface area contributed by atoms with Crippen LogP contribution in [0.5, 0.6) is 0 Å². The Morgan fingerprint density at radius 2 is 1.92 bits per heavy atom. The fourth-order valence-electron chi connectivity index (χ4n) is 10.1. The molecule has 7 nitrogen and oxygen atoms in total. The molecular weight excluding hydrogens is 482 g/mol. The number of hydrogen-bond donors (Lipinski definition) is 0. The molecule has 7 heteroatoms. The van der Waals surface area contributed by atoms with Crippen molar-refractivity contribution in [1.82, 2.24) is 4.90 Å². The molecule has 1 spiro atoms. The third-order valence-corrected chi connectivity index (χ3v) is 11.3. The van der Waals surface area contributed by atoms with Gasteiger partial charge >= 0.3 is 5.97 Å². The molecule has 3 aliphatic heterocycles. The highest BCUT2D eigenvalue weighted by Crippen LogP contribution is 2.72. The molecule has 1 aromatic carbocycles. The van der Waals surface area contributed by atoms with Crippen LogP contribution in [0.1, 0.15) is 43.0 Å². The van der Waals surface area contributed by atoms with Crippen molar-refractivity contribution in [2.24, 2.45) is 34.5 Å². The van der Waals surface area contributed by atoms with E-state index in [-0.39, 0.29) is 71.1 Å². The Hall–Kier alpha value is -1.77. The van der Waals surface area contributed by atoms with Crippen LogP contribution >= 0.6 is 0 Å². The molecule has 0 aromatic heterocycles. The van der Waals surface area contributed by atoms with E-state index in [1.54, 1.807) is 0 Å². The Kier molecular flexibility index (Phi) is 6.06. The molecule has 1 aromatic rings. The van der Waals surface area contributed by atoms with Crippen LogP contribution in [0.15, 0.2) is 42.0 Å². The predicted molar refractivity (Wildman–Crippen MR) is 140 cm³/mol. The lowest BCUT2D eigenvalue weighted by molar-refractivity contribution is -0.251. The lowest BCUT2D eigenvalue weighted by Gasteiger charge is -2.67. The van der Waals surface area contributed by atoms with E-state index in [0.29, 0.717) is 12.2 Å². The Bertz CT molecular complexity index is 1110. The Labute approximate surface area is 225 Å². The smallest absolute Gasteiger partial charge is 0.338 e. The molecule has 38 heavy (non-hydrogen) atoms. The standard InChI is InChI=1S/C31H41NO6/c1-5-32-16-30(17-34-2)12-11-25(36-4)31-21-13-20-22(35-3)14-19(23(15-24(30)31)37-29(31)32)26(21)27(20)38-28(33)18-9-7-6-8-10-18/h6-10,15,19-23,25-27,29H,5,11-14,16-17H2,1-4H3/t19-,20-,21-,22+,23-,25+,26+,27+,29-,30+,31-/m1/s1. The fraction of sp³-hybridized carbons (Fsp3) is 0.710. The van der Waals surface area contributed by atoms with Gasteiger partial charge in [0.2, 0.25) is 0 Å². The number of likely N-dealkylation sites (tertiary alicyclic amines) is 1. The van der Waals surface area contributed by atoms with Crippen molar-refractivity contribution in [3.05, 3.63) is 47.5 Å². The molecule has 3 heterocycles. The van der Waals surface area contributed by atoms with Crippen LogP contribution in [0.4, 0.5) is 0 Å². The van der Waals surface area contributed by atoms with Gasteiger partial charge in [0.15, 0.2) is 0 Å². The molecule has 4 aliphatic carbocycles. The van der Waals surface area contributed by atoms with Crippen molar-refractivity contribution in [2.75, 3.05) is 41.0 Å². The first-order valence-corrected chi connectivity index (χ1v) is 14.4. The second-order valence-electron chi connectivity index (χ2n) is 12.5. The largest absolute Gasteiger partial charge is 0.458 e. The molecule has 11 atom stereocenters. The number of benzene rings is 1. The van der Waals surface area contributed by atoms with E-state index in [4.69, 9.17) is 23.7 Å². The highest BCUT2D eigenvalue weighted by Gasteiger charge is 2.76. The van der Waals surface area contributed by atoms with Crippen molar-refractivity contribution in [2.45, 2.75) is 63.3 Å². The zero-order valence-electron chi connectivity index (χ0n) is 23.0. The number of methoxy groups -OCH3 is 3. The molecule has 0 N–H and O–H groups in total. The van der Waals surface area contributed by atoms with E-state index in [2.05, 4.69) is 17.9 Å². The van der Waals surface area contributed by atoms with E-state index in [1.807, 2.05) is 51.7 Å². The van der Waals surface area contributed by atoms with Crippen molar-refractivity contribution < 1.29 is 28.5 Å². The highest BCUT2D eigenvalue weighted by atomic mass is 16.6. The Balaban J connectivity index is 1.37. The van der Waals surface area contributed by atoms with Gasteiger partial charge in [0.05, 0.1) is 35.9 Å². The Morgan fingerprint density at radius 1 is 1.11 bits per heavy atom. The Morgan fingerprint density at radius 3 is 2.63 bits per heavy atom. The van der Waals surface area contributed by atoms with Gasteiger partial charge in [0.25, 0.3) is 0 Å². The summed E-state index contributed by atoms with van der Waals surface area (Å²) < 4.78 is 32.1. The van der Waals surface area contributed by atoms with E-state index < -0.39 is 0 Å². The summed E-state index contributed by atoms with van der Waals surface area (Å²) in [6.45, 7) is 4.84. The number of rotatable bonds is 7. The van der Waals surface area contributed by atoms with Crippen molar-refractivity contribution in [3.8, 4) is 0 Å². The number of hydrogen-bond acceptors (Lipinski definition) is 7. The van der Waals surface area contributed by atoms with Crippen LogP contribution in [0.2, 0.25) is 0 Å². The van der Waals surface area contributed by atoms with Gasteiger partial charge in [0.1, 0.15) is 12.3 Å². The van der Waals surface area contributed by atoms with Gasteiger partial charge in [-0.25, -0.2) is 4.79 Å². The summed E-state index contributed by atoms with van der Waals surface area (Å²) in [7, 11) is 5.51. The molecule has 5 fully saturated rings. The van der Waals surface area contributed by atoms with Crippen LogP contribution < -0.4 is 0 Å². The van der Waals surface area contributed by atoms with Gasteiger partial charge in [-0.2, -0.15) is 0 Å². The van der Waals surface area contributed by atoms with Crippen LogP contribution in [-0.2, 0) is 23.7 Å². The first-order valence-electron chi connectivity index (χ1n) is 14.4. The molecule has 8 rings (SSSR count). The van der Waals surface area contributed by atoms with E-state index in [0.717, 1.165) is 38.8 Å². The summed E-state index contributed by atoms with van der Waals surface area (Å²) in [5.74, 6) is 0.646. The average Bonchev–Trinajstić information content (AvgIpc) is 3.07. The minimum absolute atomic E-state index is 0.0334. The molecule has 206 valence electrons. The minimum Gasteiger partial charge on any atom is -0.458 e. The number of fused-ring (bicyclic) bond motifs is 1. The third-order valence-electron chi connectivity index (χ3n) is 11.3.